The van der Waals surface area contributed by atoms with Gasteiger partial charge in [0.05, 0.1) is 5.69 Å². The number of aliphatic carboxylic acids is 1. The molecule has 1 saturated carbocycles. The molecule has 4 rings (SSSR count). The Balaban J connectivity index is 1.69. The van der Waals surface area contributed by atoms with Crippen LogP contribution in [-0.4, -0.2) is 48.7 Å². The molecule has 0 radical (unpaired) electrons. The summed E-state index contributed by atoms with van der Waals surface area (Å²) in [4.78, 5) is 31.1. The van der Waals surface area contributed by atoms with Gasteiger partial charge in [-0.1, -0.05) is 38.0 Å². The van der Waals surface area contributed by atoms with Crippen molar-refractivity contribution in [3.8, 4) is 5.69 Å². The van der Waals surface area contributed by atoms with Crippen molar-refractivity contribution in [1.29, 1.82) is 0 Å². The smallest absolute Gasteiger partial charge is 0.326 e. The Kier molecular flexibility index (Phi) is 4.68. The molecule has 1 aliphatic carbocycles. The minimum absolute atomic E-state index is 0.0129. The van der Waals surface area contributed by atoms with E-state index in [1.807, 2.05) is 37.3 Å². The second-order valence-corrected chi connectivity index (χ2v) is 7.37. The van der Waals surface area contributed by atoms with Gasteiger partial charge >= 0.3 is 5.97 Å². The number of carbonyl (C=O) groups is 2. The zero-order valence-electron chi connectivity index (χ0n) is 15.4. The standard InChI is InChI=1S/C20H24N4O3/c1-2-17-21-18(22-24(17)14-9-4-3-5-10-14)19(25)23-15-11-7-6-8-13(15)12-16(23)20(26)27/h3-5,9-10,13,15-16H,2,6-8,11-12H2,1H3,(H,26,27). The van der Waals surface area contributed by atoms with Gasteiger partial charge in [-0.25, -0.2) is 14.5 Å². The summed E-state index contributed by atoms with van der Waals surface area (Å²) < 4.78 is 1.68. The number of amides is 1. The molecule has 3 atom stereocenters. The molecule has 1 aromatic carbocycles. The first-order chi connectivity index (χ1) is 13.1. The maximum Gasteiger partial charge on any atom is 0.326 e. The van der Waals surface area contributed by atoms with Crippen molar-refractivity contribution in [3.63, 3.8) is 0 Å². The average Bonchev–Trinajstić information content (AvgIpc) is 3.30. The molecular weight excluding hydrogens is 344 g/mol. The van der Waals surface area contributed by atoms with Crippen LogP contribution in [-0.2, 0) is 11.2 Å². The Morgan fingerprint density at radius 1 is 1.19 bits per heavy atom. The van der Waals surface area contributed by atoms with Crippen LogP contribution < -0.4 is 0 Å². The highest BCUT2D eigenvalue weighted by atomic mass is 16.4. The normalized spacial score (nSPS) is 24.6. The molecule has 1 amide bonds. The topological polar surface area (TPSA) is 88.3 Å². The van der Waals surface area contributed by atoms with Crippen LogP contribution >= 0.6 is 0 Å². The van der Waals surface area contributed by atoms with Gasteiger partial charge in [-0.2, -0.15) is 0 Å². The number of carboxylic acid groups (broad SMARTS) is 1. The molecule has 0 bridgehead atoms. The fourth-order valence-electron chi connectivity index (χ4n) is 4.53. The Morgan fingerprint density at radius 2 is 1.93 bits per heavy atom. The Morgan fingerprint density at radius 3 is 2.63 bits per heavy atom. The summed E-state index contributed by atoms with van der Waals surface area (Å²) in [7, 11) is 0. The van der Waals surface area contributed by atoms with Crippen molar-refractivity contribution in [1.82, 2.24) is 19.7 Å². The van der Waals surface area contributed by atoms with Crippen LogP contribution in [0.3, 0.4) is 0 Å². The van der Waals surface area contributed by atoms with Gasteiger partial charge in [-0.15, -0.1) is 5.10 Å². The highest BCUT2D eigenvalue weighted by Gasteiger charge is 2.48. The Labute approximate surface area is 158 Å². The zero-order chi connectivity index (χ0) is 19.0. The van der Waals surface area contributed by atoms with Crippen molar-refractivity contribution >= 4 is 11.9 Å². The van der Waals surface area contributed by atoms with E-state index < -0.39 is 12.0 Å². The van der Waals surface area contributed by atoms with Gasteiger partial charge in [0.1, 0.15) is 11.9 Å². The van der Waals surface area contributed by atoms with Crippen molar-refractivity contribution in [3.05, 3.63) is 42.0 Å². The summed E-state index contributed by atoms with van der Waals surface area (Å²) in [5, 5.41) is 14.1. The van der Waals surface area contributed by atoms with Crippen LogP contribution in [0.1, 0.15) is 55.5 Å². The Bertz CT molecular complexity index is 848. The molecule has 1 saturated heterocycles. The van der Waals surface area contributed by atoms with Gasteiger partial charge in [0.15, 0.2) is 0 Å². The van der Waals surface area contributed by atoms with Crippen molar-refractivity contribution < 1.29 is 14.7 Å². The summed E-state index contributed by atoms with van der Waals surface area (Å²) in [6.45, 7) is 1.96. The fraction of sp³-hybridized carbons (Fsp3) is 0.500. The summed E-state index contributed by atoms with van der Waals surface area (Å²) in [5.74, 6) is -0.244. The number of rotatable bonds is 4. The van der Waals surface area contributed by atoms with Crippen LogP contribution in [0.25, 0.3) is 5.69 Å². The number of aryl methyl sites for hydroxylation is 1. The summed E-state index contributed by atoms with van der Waals surface area (Å²) >= 11 is 0. The van der Waals surface area contributed by atoms with Gasteiger partial charge < -0.3 is 10.0 Å². The van der Waals surface area contributed by atoms with Gasteiger partial charge in [0.25, 0.3) is 5.91 Å². The minimum atomic E-state index is -0.934. The summed E-state index contributed by atoms with van der Waals surface area (Å²) in [6.07, 6.45) is 5.15. The highest BCUT2D eigenvalue weighted by molar-refractivity contribution is 5.94. The molecule has 27 heavy (non-hydrogen) atoms. The third kappa shape index (κ3) is 3.11. The number of nitrogens with zero attached hydrogens (tertiary/aromatic N) is 4. The van der Waals surface area contributed by atoms with E-state index in [0.717, 1.165) is 31.4 Å². The number of hydrogen-bond acceptors (Lipinski definition) is 4. The van der Waals surface area contributed by atoms with Crippen LogP contribution in [0.2, 0.25) is 0 Å². The molecule has 2 heterocycles. The molecule has 2 aliphatic rings. The quantitative estimate of drug-likeness (QED) is 0.896. The maximum absolute atomic E-state index is 13.3. The van der Waals surface area contributed by atoms with E-state index in [4.69, 9.17) is 0 Å². The predicted octanol–water partition coefficient (Wildman–Crippen LogP) is 2.69. The van der Waals surface area contributed by atoms with E-state index in [2.05, 4.69) is 10.1 Å². The molecule has 7 heteroatoms. The molecule has 1 aromatic heterocycles. The lowest BCUT2D eigenvalue weighted by molar-refractivity contribution is -0.141. The Hall–Kier alpha value is -2.70. The molecule has 1 N–H and O–H groups in total. The monoisotopic (exact) mass is 368 g/mol. The zero-order valence-corrected chi connectivity index (χ0v) is 15.4. The lowest BCUT2D eigenvalue weighted by Gasteiger charge is -2.32. The number of carbonyl (C=O) groups excluding carboxylic acids is 1. The molecule has 2 fully saturated rings. The molecular formula is C20H24N4O3. The first-order valence-corrected chi connectivity index (χ1v) is 9.67. The van der Waals surface area contributed by atoms with E-state index in [1.54, 1.807) is 9.58 Å². The third-order valence-corrected chi connectivity index (χ3v) is 5.79. The lowest BCUT2D eigenvalue weighted by atomic mass is 9.85. The second kappa shape index (κ2) is 7.13. The van der Waals surface area contributed by atoms with Crippen LogP contribution in [0.5, 0.6) is 0 Å². The largest absolute Gasteiger partial charge is 0.480 e. The number of para-hydroxylation sites is 1. The molecule has 2 aromatic rings. The van der Waals surface area contributed by atoms with E-state index >= 15 is 0 Å². The van der Waals surface area contributed by atoms with Gasteiger partial charge in [0.2, 0.25) is 5.82 Å². The number of fused-ring (bicyclic) bond motifs is 1. The van der Waals surface area contributed by atoms with Crippen LogP contribution in [0.15, 0.2) is 30.3 Å². The first kappa shape index (κ1) is 17.7. The van der Waals surface area contributed by atoms with Crippen molar-refractivity contribution in [2.45, 2.75) is 57.5 Å². The summed E-state index contributed by atoms with van der Waals surface area (Å²) in [6, 6.07) is 8.77. The van der Waals surface area contributed by atoms with E-state index in [1.165, 1.54) is 0 Å². The van der Waals surface area contributed by atoms with E-state index in [9.17, 15) is 14.7 Å². The predicted molar refractivity (Wildman–Crippen MR) is 98.7 cm³/mol. The van der Waals surface area contributed by atoms with Gasteiger partial charge in [-0.05, 0) is 37.3 Å². The summed E-state index contributed by atoms with van der Waals surface area (Å²) in [5.41, 5.74) is 0.840. The lowest BCUT2D eigenvalue weighted by Crippen LogP contribution is -2.46. The first-order valence-electron chi connectivity index (χ1n) is 9.67. The van der Waals surface area contributed by atoms with Crippen LogP contribution in [0, 0.1) is 5.92 Å². The SMILES string of the molecule is CCc1nc(C(=O)N2C(C(=O)O)CC3CCCCC32)nn1-c1ccccc1. The molecule has 1 aliphatic heterocycles. The third-order valence-electron chi connectivity index (χ3n) is 5.79. The number of aromatic nitrogens is 3. The second-order valence-electron chi connectivity index (χ2n) is 7.37. The number of likely N-dealkylation sites (tertiary alicyclic amines) is 1. The molecule has 3 unspecified atom stereocenters. The molecule has 0 spiro atoms. The molecule has 142 valence electrons. The van der Waals surface area contributed by atoms with Gasteiger partial charge in [0, 0.05) is 12.5 Å². The molecule has 7 nitrogen and oxygen atoms in total. The average molecular weight is 368 g/mol. The number of hydrogen-bond donors (Lipinski definition) is 1. The van der Waals surface area contributed by atoms with Gasteiger partial charge in [-0.3, -0.25) is 4.79 Å². The highest BCUT2D eigenvalue weighted by Crippen LogP contribution is 2.40. The minimum Gasteiger partial charge on any atom is -0.480 e. The van der Waals surface area contributed by atoms with Crippen LogP contribution in [0.4, 0.5) is 0 Å². The van der Waals surface area contributed by atoms with Crippen molar-refractivity contribution in [2.24, 2.45) is 5.92 Å². The van der Waals surface area contributed by atoms with E-state index in [-0.39, 0.29) is 23.7 Å². The van der Waals surface area contributed by atoms with Crippen molar-refractivity contribution in [2.75, 3.05) is 0 Å². The number of benzene rings is 1. The number of carboxylic acids is 1. The fourth-order valence-corrected chi connectivity index (χ4v) is 4.53. The maximum atomic E-state index is 13.3. The van der Waals surface area contributed by atoms with E-state index in [0.29, 0.717) is 18.7 Å².